The van der Waals surface area contributed by atoms with Crippen LogP contribution in [-0.4, -0.2) is 44.7 Å². The fraction of sp³-hybridized carbons (Fsp3) is 0.609. The maximum atomic E-state index is 12.0. The molecule has 1 aromatic rings. The van der Waals surface area contributed by atoms with Crippen LogP contribution in [0.3, 0.4) is 0 Å². The summed E-state index contributed by atoms with van der Waals surface area (Å²) in [6.07, 6.45) is 9.25. The molecule has 0 spiro atoms. The smallest absolute Gasteiger partial charge is 0.338 e. The zero-order chi connectivity index (χ0) is 19.3. The number of hydrogen-bond donors (Lipinski definition) is 0. The first-order valence-electron chi connectivity index (χ1n) is 9.99. The summed E-state index contributed by atoms with van der Waals surface area (Å²) in [4.78, 5) is 12.0. The highest BCUT2D eigenvalue weighted by Crippen LogP contribution is 2.07. The summed E-state index contributed by atoms with van der Waals surface area (Å²) in [5.41, 5.74) is 1.56. The Morgan fingerprint density at radius 3 is 2.31 bits per heavy atom. The van der Waals surface area contributed by atoms with Crippen LogP contribution < -0.4 is 0 Å². The monoisotopic (exact) mass is 358 g/mol. The third-order valence-corrected chi connectivity index (χ3v) is 4.22. The number of carbonyl (C=O) groups is 1. The zero-order valence-corrected chi connectivity index (χ0v) is 17.1. The maximum Gasteiger partial charge on any atom is 0.338 e. The van der Waals surface area contributed by atoms with Crippen molar-refractivity contribution in [1.29, 1.82) is 0 Å². The number of esters is 1. The zero-order valence-electron chi connectivity index (χ0n) is 17.1. The van der Waals surface area contributed by atoms with Gasteiger partial charge in [0.25, 0.3) is 0 Å². The Morgan fingerprint density at radius 1 is 0.962 bits per heavy atom. The fourth-order valence-electron chi connectivity index (χ4n) is 2.61. The van der Waals surface area contributed by atoms with Gasteiger partial charge in [0.15, 0.2) is 0 Å². The summed E-state index contributed by atoms with van der Waals surface area (Å²) >= 11 is 0. The van der Waals surface area contributed by atoms with Gasteiger partial charge in [0.1, 0.15) is 0 Å². The van der Waals surface area contributed by atoms with E-state index in [0.717, 1.165) is 35.9 Å². The second kappa shape index (κ2) is 12.5. The van der Waals surface area contributed by atoms with Gasteiger partial charge in [0, 0.05) is 12.0 Å². The van der Waals surface area contributed by atoms with E-state index in [1.54, 1.807) is 12.1 Å². The van der Waals surface area contributed by atoms with Gasteiger partial charge in [0.05, 0.1) is 39.9 Å². The van der Waals surface area contributed by atoms with Crippen LogP contribution in [0, 0.1) is 11.8 Å². The van der Waals surface area contributed by atoms with Gasteiger partial charge in [-0.2, -0.15) is 0 Å². The molecular weight excluding hydrogens is 322 g/mol. The van der Waals surface area contributed by atoms with E-state index in [1.165, 1.54) is 32.1 Å². The van der Waals surface area contributed by atoms with Crippen molar-refractivity contribution in [3.8, 4) is 11.8 Å². The minimum absolute atomic E-state index is 0.245. The Kier molecular flexibility index (Phi) is 10.7. The minimum Gasteiger partial charge on any atom is -0.462 e. The molecule has 0 unspecified atom stereocenters. The Balaban J connectivity index is 2.27. The largest absolute Gasteiger partial charge is 0.462 e. The molecule has 0 N–H and O–H groups in total. The maximum absolute atomic E-state index is 12.0. The number of unbranched alkanes of at least 4 members (excludes halogenated alkanes) is 6. The number of benzene rings is 1. The van der Waals surface area contributed by atoms with E-state index in [1.807, 2.05) is 12.1 Å². The molecule has 0 radical (unpaired) electrons. The van der Waals surface area contributed by atoms with Gasteiger partial charge in [-0.25, -0.2) is 4.79 Å². The molecule has 0 atom stereocenters. The Hall–Kier alpha value is -1.79. The summed E-state index contributed by atoms with van der Waals surface area (Å²) < 4.78 is 6.29. The molecule has 144 valence electrons. The quantitative estimate of drug-likeness (QED) is 0.240. The molecule has 0 saturated carbocycles. The normalized spacial score (nSPS) is 10.9. The van der Waals surface area contributed by atoms with E-state index in [4.69, 9.17) is 4.74 Å². The summed E-state index contributed by atoms with van der Waals surface area (Å²) in [6, 6.07) is 7.41. The number of hydrogen-bond acceptors (Lipinski definition) is 2. The van der Waals surface area contributed by atoms with Crippen molar-refractivity contribution < 1.29 is 14.0 Å². The SMILES string of the molecule is CCCCCCCC#Cc1ccc(C(=O)OCCCC[N+](C)(C)C)cc1. The lowest BCUT2D eigenvalue weighted by molar-refractivity contribution is -0.870. The van der Waals surface area contributed by atoms with Crippen LogP contribution in [0.1, 0.15) is 74.2 Å². The lowest BCUT2D eigenvalue weighted by Gasteiger charge is -2.23. The van der Waals surface area contributed by atoms with E-state index in [9.17, 15) is 4.79 Å². The van der Waals surface area contributed by atoms with Crippen molar-refractivity contribution in [3.63, 3.8) is 0 Å². The van der Waals surface area contributed by atoms with Crippen LogP contribution >= 0.6 is 0 Å². The molecule has 0 aliphatic carbocycles. The Morgan fingerprint density at radius 2 is 1.65 bits per heavy atom. The molecule has 0 saturated heterocycles. The molecule has 0 aliphatic heterocycles. The molecule has 0 bridgehead atoms. The van der Waals surface area contributed by atoms with Crippen molar-refractivity contribution in [3.05, 3.63) is 35.4 Å². The van der Waals surface area contributed by atoms with E-state index in [-0.39, 0.29) is 5.97 Å². The van der Waals surface area contributed by atoms with Gasteiger partial charge in [-0.3, -0.25) is 0 Å². The van der Waals surface area contributed by atoms with Crippen LogP contribution in [-0.2, 0) is 4.74 Å². The molecule has 1 aromatic carbocycles. The number of rotatable bonds is 11. The summed E-state index contributed by atoms with van der Waals surface area (Å²) in [5, 5.41) is 0. The number of ether oxygens (including phenoxy) is 1. The lowest BCUT2D eigenvalue weighted by Crippen LogP contribution is -2.35. The van der Waals surface area contributed by atoms with E-state index in [0.29, 0.717) is 12.2 Å². The molecule has 26 heavy (non-hydrogen) atoms. The number of nitrogens with zero attached hydrogens (tertiary/aromatic N) is 1. The van der Waals surface area contributed by atoms with Crippen molar-refractivity contribution in [2.24, 2.45) is 0 Å². The van der Waals surface area contributed by atoms with Crippen molar-refractivity contribution in [2.75, 3.05) is 34.3 Å². The van der Waals surface area contributed by atoms with Crippen LogP contribution in [0.5, 0.6) is 0 Å². The lowest BCUT2D eigenvalue weighted by atomic mass is 10.1. The molecular formula is C23H36NO2+. The van der Waals surface area contributed by atoms with Gasteiger partial charge in [-0.1, -0.05) is 44.4 Å². The number of carbonyl (C=O) groups excluding carboxylic acids is 1. The molecule has 0 heterocycles. The van der Waals surface area contributed by atoms with Crippen LogP contribution in [0.15, 0.2) is 24.3 Å². The predicted octanol–water partition coefficient (Wildman–Crippen LogP) is 5.04. The number of quaternary nitrogens is 1. The molecule has 3 heteroatoms. The van der Waals surface area contributed by atoms with Gasteiger partial charge >= 0.3 is 5.97 Å². The van der Waals surface area contributed by atoms with Crippen molar-refractivity contribution in [2.45, 2.75) is 58.3 Å². The molecule has 0 amide bonds. The third-order valence-electron chi connectivity index (χ3n) is 4.22. The van der Waals surface area contributed by atoms with Crippen LogP contribution in [0.4, 0.5) is 0 Å². The van der Waals surface area contributed by atoms with Crippen LogP contribution in [0.2, 0.25) is 0 Å². The Labute approximate surface area is 160 Å². The first-order chi connectivity index (χ1) is 12.4. The first kappa shape index (κ1) is 22.3. The second-order valence-electron chi connectivity index (χ2n) is 7.90. The highest BCUT2D eigenvalue weighted by atomic mass is 16.5. The first-order valence-corrected chi connectivity index (χ1v) is 9.99. The van der Waals surface area contributed by atoms with Crippen molar-refractivity contribution in [1.82, 2.24) is 0 Å². The van der Waals surface area contributed by atoms with E-state index in [2.05, 4.69) is 39.9 Å². The molecule has 0 fully saturated rings. The summed E-state index contributed by atoms with van der Waals surface area (Å²) in [6.45, 7) is 3.80. The van der Waals surface area contributed by atoms with Gasteiger partial charge < -0.3 is 9.22 Å². The molecule has 1 rings (SSSR count). The summed E-state index contributed by atoms with van der Waals surface area (Å²) in [5.74, 6) is 6.15. The summed E-state index contributed by atoms with van der Waals surface area (Å²) in [7, 11) is 6.51. The predicted molar refractivity (Wildman–Crippen MR) is 109 cm³/mol. The van der Waals surface area contributed by atoms with Crippen molar-refractivity contribution >= 4 is 5.97 Å². The second-order valence-corrected chi connectivity index (χ2v) is 7.90. The molecule has 0 aliphatic rings. The highest BCUT2D eigenvalue weighted by Gasteiger charge is 2.08. The van der Waals surface area contributed by atoms with E-state index >= 15 is 0 Å². The average Bonchev–Trinajstić information content (AvgIpc) is 2.60. The fourth-order valence-corrected chi connectivity index (χ4v) is 2.61. The standard InChI is InChI=1S/C23H36NO2/c1-5-6-7-8-9-10-11-14-21-15-17-22(18-16-21)23(25)26-20-13-12-19-24(2,3)4/h15-18H,5-10,12-13,19-20H2,1-4H3/q+1. The highest BCUT2D eigenvalue weighted by molar-refractivity contribution is 5.89. The molecule has 0 aromatic heterocycles. The topological polar surface area (TPSA) is 26.3 Å². The van der Waals surface area contributed by atoms with Gasteiger partial charge in [-0.05, 0) is 43.5 Å². The minimum atomic E-state index is -0.245. The van der Waals surface area contributed by atoms with E-state index < -0.39 is 0 Å². The van der Waals surface area contributed by atoms with Gasteiger partial charge in [0.2, 0.25) is 0 Å². The average molecular weight is 359 g/mol. The van der Waals surface area contributed by atoms with Gasteiger partial charge in [-0.15, -0.1) is 0 Å². The van der Waals surface area contributed by atoms with Crippen LogP contribution in [0.25, 0.3) is 0 Å². The third kappa shape index (κ3) is 10.9. The Bertz CT molecular complexity index is 573. The molecule has 3 nitrogen and oxygen atoms in total.